The topological polar surface area (TPSA) is 117 Å². The van der Waals surface area contributed by atoms with E-state index in [9.17, 15) is 19.7 Å². The fraction of sp³-hybridized carbons (Fsp3) is 0.391. The van der Waals surface area contributed by atoms with E-state index >= 15 is 0 Å². The van der Waals surface area contributed by atoms with Crippen molar-refractivity contribution in [2.45, 2.75) is 52.4 Å². The van der Waals surface area contributed by atoms with Gasteiger partial charge >= 0.3 is 12.1 Å². The standard InChI is InChI=1S/C23H28N2O7/c1-5-30-21(26)20(24-22(27)32-23(2,3)4)14-16-9-11-19(12-10-16)31-15-17-7-6-8-18(13-17)25(28)29/h6-13,20H,5,14-15H2,1-4H3,(H,24,27)/t20-/m0/s1. The number of nitro groups is 1. The highest BCUT2D eigenvalue weighted by Gasteiger charge is 2.25. The Labute approximate surface area is 186 Å². The van der Waals surface area contributed by atoms with Gasteiger partial charge in [-0.2, -0.15) is 0 Å². The van der Waals surface area contributed by atoms with Crippen LogP contribution in [0.3, 0.4) is 0 Å². The molecule has 0 saturated carbocycles. The summed E-state index contributed by atoms with van der Waals surface area (Å²) in [5.41, 5.74) is 0.763. The second-order valence-electron chi connectivity index (χ2n) is 8.01. The van der Waals surface area contributed by atoms with Crippen molar-refractivity contribution in [3.63, 3.8) is 0 Å². The molecule has 1 atom stereocenters. The molecule has 32 heavy (non-hydrogen) atoms. The molecule has 9 nitrogen and oxygen atoms in total. The lowest BCUT2D eigenvalue weighted by atomic mass is 10.1. The van der Waals surface area contributed by atoms with E-state index in [0.717, 1.165) is 5.56 Å². The van der Waals surface area contributed by atoms with Gasteiger partial charge in [0.05, 0.1) is 11.5 Å². The third kappa shape index (κ3) is 8.25. The zero-order chi connectivity index (χ0) is 23.7. The highest BCUT2D eigenvalue weighted by Crippen LogP contribution is 2.18. The van der Waals surface area contributed by atoms with E-state index in [-0.39, 0.29) is 25.3 Å². The number of carbonyl (C=O) groups is 2. The number of alkyl carbamates (subject to hydrolysis) is 1. The quantitative estimate of drug-likeness (QED) is 0.350. The minimum atomic E-state index is -0.901. The van der Waals surface area contributed by atoms with Crippen LogP contribution >= 0.6 is 0 Å². The lowest BCUT2D eigenvalue weighted by molar-refractivity contribution is -0.384. The van der Waals surface area contributed by atoms with Crippen molar-refractivity contribution < 1.29 is 28.7 Å². The van der Waals surface area contributed by atoms with Crippen LogP contribution in [-0.2, 0) is 27.3 Å². The van der Waals surface area contributed by atoms with E-state index in [1.807, 2.05) is 0 Å². The number of carbonyl (C=O) groups excluding carboxylic acids is 2. The average molecular weight is 444 g/mol. The number of esters is 1. The Hall–Kier alpha value is -3.62. The number of ether oxygens (including phenoxy) is 3. The van der Waals surface area contributed by atoms with Crippen LogP contribution in [-0.4, -0.2) is 35.2 Å². The molecule has 0 saturated heterocycles. The molecule has 172 valence electrons. The first-order valence-corrected chi connectivity index (χ1v) is 10.2. The van der Waals surface area contributed by atoms with Gasteiger partial charge in [-0.05, 0) is 51.0 Å². The summed E-state index contributed by atoms with van der Waals surface area (Å²) in [5, 5.41) is 13.4. The van der Waals surface area contributed by atoms with Gasteiger partial charge in [0.1, 0.15) is 24.0 Å². The summed E-state index contributed by atoms with van der Waals surface area (Å²) < 4.78 is 16.0. The fourth-order valence-electron chi connectivity index (χ4n) is 2.77. The normalized spacial score (nSPS) is 11.9. The van der Waals surface area contributed by atoms with E-state index in [0.29, 0.717) is 11.3 Å². The summed E-state index contributed by atoms with van der Waals surface area (Å²) in [4.78, 5) is 34.8. The SMILES string of the molecule is CCOC(=O)[C@H](Cc1ccc(OCc2cccc([N+](=O)[O-])c2)cc1)NC(=O)OC(C)(C)C. The van der Waals surface area contributed by atoms with Crippen molar-refractivity contribution in [2.24, 2.45) is 0 Å². The van der Waals surface area contributed by atoms with Crippen LogP contribution in [0.5, 0.6) is 5.75 Å². The number of nitro benzene ring substituents is 1. The molecule has 0 aromatic heterocycles. The Morgan fingerprint density at radius 1 is 1.09 bits per heavy atom. The zero-order valence-electron chi connectivity index (χ0n) is 18.6. The van der Waals surface area contributed by atoms with Gasteiger partial charge in [0.25, 0.3) is 5.69 Å². The van der Waals surface area contributed by atoms with Gasteiger partial charge in [0, 0.05) is 18.6 Å². The van der Waals surface area contributed by atoms with E-state index in [2.05, 4.69) is 5.32 Å². The van der Waals surface area contributed by atoms with Crippen LogP contribution in [0.4, 0.5) is 10.5 Å². The maximum absolute atomic E-state index is 12.3. The van der Waals surface area contributed by atoms with Gasteiger partial charge in [-0.3, -0.25) is 10.1 Å². The number of nitrogens with zero attached hydrogens (tertiary/aromatic N) is 1. The number of non-ortho nitro benzene ring substituents is 1. The molecule has 0 aliphatic heterocycles. The predicted molar refractivity (Wildman–Crippen MR) is 117 cm³/mol. The van der Waals surface area contributed by atoms with Gasteiger partial charge in [0.2, 0.25) is 0 Å². The van der Waals surface area contributed by atoms with E-state index < -0.39 is 28.6 Å². The summed E-state index contributed by atoms with van der Waals surface area (Å²) in [7, 11) is 0. The first-order chi connectivity index (χ1) is 15.1. The number of benzene rings is 2. The molecule has 9 heteroatoms. The second kappa shape index (κ2) is 11.1. The van der Waals surface area contributed by atoms with Crippen LogP contribution in [0.15, 0.2) is 48.5 Å². The van der Waals surface area contributed by atoms with Crippen molar-refractivity contribution in [2.75, 3.05) is 6.61 Å². The molecule has 0 spiro atoms. The van der Waals surface area contributed by atoms with Crippen molar-refractivity contribution in [1.82, 2.24) is 5.32 Å². The van der Waals surface area contributed by atoms with E-state index in [4.69, 9.17) is 14.2 Å². The van der Waals surface area contributed by atoms with Gasteiger partial charge in [-0.15, -0.1) is 0 Å². The molecule has 0 heterocycles. The second-order valence-corrected chi connectivity index (χ2v) is 8.01. The molecule has 0 aliphatic carbocycles. The molecule has 0 fully saturated rings. The van der Waals surface area contributed by atoms with Crippen LogP contribution in [0.1, 0.15) is 38.8 Å². The van der Waals surface area contributed by atoms with Crippen LogP contribution in [0.2, 0.25) is 0 Å². The Kier molecular flexibility index (Phi) is 8.57. The number of nitrogens with one attached hydrogen (secondary N) is 1. The fourth-order valence-corrected chi connectivity index (χ4v) is 2.77. The van der Waals surface area contributed by atoms with Crippen molar-refractivity contribution in [3.05, 3.63) is 69.8 Å². The Morgan fingerprint density at radius 2 is 1.78 bits per heavy atom. The molecule has 0 radical (unpaired) electrons. The van der Waals surface area contributed by atoms with Crippen molar-refractivity contribution in [3.8, 4) is 5.75 Å². The van der Waals surface area contributed by atoms with Gasteiger partial charge in [0.15, 0.2) is 0 Å². The van der Waals surface area contributed by atoms with Crippen LogP contribution in [0.25, 0.3) is 0 Å². The Morgan fingerprint density at radius 3 is 2.38 bits per heavy atom. The number of hydrogen-bond acceptors (Lipinski definition) is 7. The minimum absolute atomic E-state index is 0.00365. The van der Waals surface area contributed by atoms with Gasteiger partial charge in [-0.1, -0.05) is 24.3 Å². The first kappa shape index (κ1) is 24.6. The first-order valence-electron chi connectivity index (χ1n) is 10.2. The van der Waals surface area contributed by atoms with Crippen molar-refractivity contribution >= 4 is 17.7 Å². The summed E-state index contributed by atoms with van der Waals surface area (Å²) in [6.45, 7) is 7.26. The summed E-state index contributed by atoms with van der Waals surface area (Å²) in [5.74, 6) is 0.0115. The molecular weight excluding hydrogens is 416 g/mol. The number of hydrogen-bond donors (Lipinski definition) is 1. The molecule has 0 unspecified atom stereocenters. The molecule has 2 aromatic rings. The number of rotatable bonds is 9. The molecule has 2 rings (SSSR count). The maximum atomic E-state index is 12.3. The Balaban J connectivity index is 2.00. The minimum Gasteiger partial charge on any atom is -0.489 e. The molecule has 0 bridgehead atoms. The van der Waals surface area contributed by atoms with E-state index in [1.165, 1.54) is 12.1 Å². The highest BCUT2D eigenvalue weighted by atomic mass is 16.6. The third-order valence-corrected chi connectivity index (χ3v) is 4.15. The summed E-state index contributed by atoms with van der Waals surface area (Å²) in [6.07, 6.45) is -0.490. The molecule has 1 amide bonds. The van der Waals surface area contributed by atoms with Gasteiger partial charge in [-0.25, -0.2) is 9.59 Å². The largest absolute Gasteiger partial charge is 0.489 e. The third-order valence-electron chi connectivity index (χ3n) is 4.15. The molecular formula is C23H28N2O7. The monoisotopic (exact) mass is 444 g/mol. The van der Waals surface area contributed by atoms with Gasteiger partial charge < -0.3 is 19.5 Å². The molecule has 1 N–H and O–H groups in total. The molecule has 0 aliphatic rings. The maximum Gasteiger partial charge on any atom is 0.408 e. The van der Waals surface area contributed by atoms with E-state index in [1.54, 1.807) is 64.1 Å². The molecule has 2 aromatic carbocycles. The lowest BCUT2D eigenvalue weighted by Gasteiger charge is -2.23. The summed E-state index contributed by atoms with van der Waals surface area (Å²) >= 11 is 0. The summed E-state index contributed by atoms with van der Waals surface area (Å²) in [6, 6.07) is 12.3. The lowest BCUT2D eigenvalue weighted by Crippen LogP contribution is -2.45. The predicted octanol–water partition coefficient (Wildman–Crippen LogP) is 4.17. The number of amides is 1. The highest BCUT2D eigenvalue weighted by molar-refractivity contribution is 5.81. The van der Waals surface area contributed by atoms with Crippen LogP contribution in [0, 0.1) is 10.1 Å². The van der Waals surface area contributed by atoms with Crippen LogP contribution < -0.4 is 10.1 Å². The zero-order valence-corrected chi connectivity index (χ0v) is 18.6. The smallest absolute Gasteiger partial charge is 0.408 e. The van der Waals surface area contributed by atoms with Crippen molar-refractivity contribution in [1.29, 1.82) is 0 Å². The average Bonchev–Trinajstić information content (AvgIpc) is 2.71. The Bertz CT molecular complexity index is 936.